The van der Waals surface area contributed by atoms with Gasteiger partial charge in [0.1, 0.15) is 5.69 Å². The molecule has 0 fully saturated rings. The number of halogens is 2. The molecule has 0 radical (unpaired) electrons. The van der Waals surface area contributed by atoms with Gasteiger partial charge in [0, 0.05) is 16.1 Å². The van der Waals surface area contributed by atoms with E-state index in [1.165, 1.54) is 0 Å². The summed E-state index contributed by atoms with van der Waals surface area (Å²) in [6.07, 6.45) is 0. The lowest BCUT2D eigenvalue weighted by atomic mass is 10.2. The van der Waals surface area contributed by atoms with Gasteiger partial charge >= 0.3 is 0 Å². The molecule has 0 saturated heterocycles. The normalized spacial score (nSPS) is 10.6. The first-order valence-electron chi connectivity index (χ1n) is 5.72. The van der Waals surface area contributed by atoms with Crippen LogP contribution in [0.3, 0.4) is 0 Å². The van der Waals surface area contributed by atoms with Gasteiger partial charge < -0.3 is 4.42 Å². The fourth-order valence-corrected chi connectivity index (χ4v) is 2.39. The van der Waals surface area contributed by atoms with Gasteiger partial charge in [-0.25, -0.2) is 4.98 Å². The fourth-order valence-electron chi connectivity index (χ4n) is 1.79. The summed E-state index contributed by atoms with van der Waals surface area (Å²) in [4.78, 5) is 4.52. The van der Waals surface area contributed by atoms with Gasteiger partial charge in [-0.1, -0.05) is 41.9 Å². The summed E-state index contributed by atoms with van der Waals surface area (Å²) in [7, 11) is 0. The Labute approximate surface area is 124 Å². The molecule has 2 nitrogen and oxygen atoms in total. The van der Waals surface area contributed by atoms with Crippen molar-refractivity contribution in [3.63, 3.8) is 0 Å². The van der Waals surface area contributed by atoms with Gasteiger partial charge in [-0.05, 0) is 40.2 Å². The zero-order valence-electron chi connectivity index (χ0n) is 9.81. The first kappa shape index (κ1) is 12.5. The van der Waals surface area contributed by atoms with Gasteiger partial charge in [0.25, 0.3) is 0 Å². The van der Waals surface area contributed by atoms with Crippen LogP contribution < -0.4 is 0 Å². The van der Waals surface area contributed by atoms with E-state index >= 15 is 0 Å². The van der Waals surface area contributed by atoms with Crippen LogP contribution >= 0.6 is 27.5 Å². The molecular formula is C15H9BrClNO. The number of nitrogens with zero attached hydrogens (tertiary/aromatic N) is 1. The summed E-state index contributed by atoms with van der Waals surface area (Å²) < 4.78 is 6.28. The number of oxazole rings is 1. The third-order valence-corrected chi connectivity index (χ3v) is 3.51. The first-order valence-corrected chi connectivity index (χ1v) is 6.89. The van der Waals surface area contributed by atoms with Crippen molar-refractivity contribution in [1.82, 2.24) is 4.98 Å². The van der Waals surface area contributed by atoms with E-state index in [4.69, 9.17) is 16.0 Å². The largest absolute Gasteiger partial charge is 0.429 e. The molecule has 0 spiro atoms. The maximum atomic E-state index is 5.88. The van der Waals surface area contributed by atoms with Crippen molar-refractivity contribution in [2.24, 2.45) is 0 Å². The van der Waals surface area contributed by atoms with E-state index in [9.17, 15) is 0 Å². The molecule has 0 atom stereocenters. The highest BCUT2D eigenvalue weighted by atomic mass is 79.9. The second kappa shape index (κ2) is 5.19. The molecule has 0 aliphatic carbocycles. The molecule has 2 aromatic carbocycles. The van der Waals surface area contributed by atoms with Crippen molar-refractivity contribution in [1.29, 1.82) is 0 Å². The zero-order chi connectivity index (χ0) is 13.2. The predicted octanol–water partition coefficient (Wildman–Crippen LogP) is 5.42. The Bertz CT molecular complexity index is 692. The standard InChI is InChI=1S/C15H9BrClNO/c16-14-13(10-6-8-12(17)9-7-10)18-15(19-14)11-4-2-1-3-5-11/h1-9H. The van der Waals surface area contributed by atoms with Gasteiger partial charge in [0.15, 0.2) is 4.67 Å². The Morgan fingerprint density at radius 2 is 1.58 bits per heavy atom. The highest BCUT2D eigenvalue weighted by Crippen LogP contribution is 2.32. The zero-order valence-corrected chi connectivity index (χ0v) is 12.1. The average Bonchev–Trinajstić information content (AvgIpc) is 2.83. The first-order chi connectivity index (χ1) is 9.24. The third kappa shape index (κ3) is 2.57. The van der Waals surface area contributed by atoms with Crippen molar-refractivity contribution in [3.05, 3.63) is 64.3 Å². The van der Waals surface area contributed by atoms with E-state index in [-0.39, 0.29) is 0 Å². The van der Waals surface area contributed by atoms with Crippen LogP contribution in [0.1, 0.15) is 0 Å². The molecule has 3 aromatic rings. The van der Waals surface area contributed by atoms with E-state index in [0.717, 1.165) is 16.8 Å². The van der Waals surface area contributed by atoms with Crippen LogP contribution in [0.15, 0.2) is 63.7 Å². The van der Waals surface area contributed by atoms with Gasteiger partial charge in [0.05, 0.1) is 0 Å². The maximum absolute atomic E-state index is 5.88. The molecule has 4 heteroatoms. The minimum absolute atomic E-state index is 0.595. The molecule has 0 amide bonds. The highest BCUT2D eigenvalue weighted by molar-refractivity contribution is 9.10. The maximum Gasteiger partial charge on any atom is 0.228 e. The van der Waals surface area contributed by atoms with Crippen molar-refractivity contribution in [2.45, 2.75) is 0 Å². The third-order valence-electron chi connectivity index (χ3n) is 2.72. The lowest BCUT2D eigenvalue weighted by molar-refractivity contribution is 0.550. The Morgan fingerprint density at radius 3 is 2.26 bits per heavy atom. The van der Waals surface area contributed by atoms with Gasteiger partial charge in [-0.15, -0.1) is 0 Å². The Morgan fingerprint density at radius 1 is 0.895 bits per heavy atom. The van der Waals surface area contributed by atoms with Crippen LogP contribution in [-0.4, -0.2) is 4.98 Å². The monoisotopic (exact) mass is 333 g/mol. The lowest BCUT2D eigenvalue weighted by Crippen LogP contribution is -1.80. The molecule has 1 heterocycles. The van der Waals surface area contributed by atoms with Gasteiger partial charge in [-0.3, -0.25) is 0 Å². The molecule has 3 rings (SSSR count). The SMILES string of the molecule is Clc1ccc(-c2nc(-c3ccccc3)oc2Br)cc1. The van der Waals surface area contributed by atoms with Crippen molar-refractivity contribution >= 4 is 27.5 Å². The summed E-state index contributed by atoms with van der Waals surface area (Å²) in [5.74, 6) is 0.595. The van der Waals surface area contributed by atoms with E-state index in [1.807, 2.05) is 54.6 Å². The van der Waals surface area contributed by atoms with Crippen LogP contribution in [0.5, 0.6) is 0 Å². The van der Waals surface area contributed by atoms with E-state index in [1.54, 1.807) is 0 Å². The molecule has 0 N–H and O–H groups in total. The van der Waals surface area contributed by atoms with E-state index in [2.05, 4.69) is 20.9 Å². The summed E-state index contributed by atoms with van der Waals surface area (Å²) in [6.45, 7) is 0. The fraction of sp³-hybridized carbons (Fsp3) is 0. The number of hydrogen-bond donors (Lipinski definition) is 0. The molecule has 0 unspecified atom stereocenters. The molecule has 0 aliphatic rings. The minimum Gasteiger partial charge on any atom is -0.429 e. The van der Waals surface area contributed by atoms with E-state index in [0.29, 0.717) is 15.6 Å². The van der Waals surface area contributed by atoms with Crippen molar-refractivity contribution in [2.75, 3.05) is 0 Å². The number of hydrogen-bond acceptors (Lipinski definition) is 2. The molecule has 0 aliphatic heterocycles. The van der Waals surface area contributed by atoms with Crippen LogP contribution in [-0.2, 0) is 0 Å². The lowest BCUT2D eigenvalue weighted by Gasteiger charge is -1.96. The smallest absolute Gasteiger partial charge is 0.228 e. The topological polar surface area (TPSA) is 26.0 Å². The van der Waals surface area contributed by atoms with Gasteiger partial charge in [0.2, 0.25) is 5.89 Å². The number of benzene rings is 2. The summed E-state index contributed by atoms with van der Waals surface area (Å²) >= 11 is 9.29. The van der Waals surface area contributed by atoms with Crippen LogP contribution in [0, 0.1) is 0 Å². The number of rotatable bonds is 2. The average molecular weight is 335 g/mol. The molecule has 19 heavy (non-hydrogen) atoms. The molecule has 94 valence electrons. The van der Waals surface area contributed by atoms with Crippen LogP contribution in [0.2, 0.25) is 5.02 Å². The molecule has 0 saturated carbocycles. The molecule has 0 bridgehead atoms. The van der Waals surface area contributed by atoms with Crippen LogP contribution in [0.4, 0.5) is 0 Å². The summed E-state index contributed by atoms with van der Waals surface area (Å²) in [6, 6.07) is 17.3. The van der Waals surface area contributed by atoms with Gasteiger partial charge in [-0.2, -0.15) is 0 Å². The van der Waals surface area contributed by atoms with Crippen molar-refractivity contribution in [3.8, 4) is 22.7 Å². The predicted molar refractivity (Wildman–Crippen MR) is 80.1 cm³/mol. The molecular weight excluding hydrogens is 326 g/mol. The Hall–Kier alpha value is -1.58. The minimum atomic E-state index is 0.595. The summed E-state index contributed by atoms with van der Waals surface area (Å²) in [5.41, 5.74) is 2.68. The quantitative estimate of drug-likeness (QED) is 0.625. The second-order valence-electron chi connectivity index (χ2n) is 4.01. The second-order valence-corrected chi connectivity index (χ2v) is 5.17. The van der Waals surface area contributed by atoms with Crippen LogP contribution in [0.25, 0.3) is 22.7 Å². The molecule has 1 aromatic heterocycles. The van der Waals surface area contributed by atoms with Crippen molar-refractivity contribution < 1.29 is 4.42 Å². The number of aromatic nitrogens is 1. The highest BCUT2D eigenvalue weighted by Gasteiger charge is 2.13. The summed E-state index contributed by atoms with van der Waals surface area (Å²) in [5, 5.41) is 0.701. The Balaban J connectivity index is 2.05. The van der Waals surface area contributed by atoms with E-state index < -0.39 is 0 Å². The Kier molecular flexibility index (Phi) is 3.40.